The molecule has 0 spiro atoms. The summed E-state index contributed by atoms with van der Waals surface area (Å²) in [5.41, 5.74) is 32.0. The van der Waals surface area contributed by atoms with E-state index in [1.807, 2.05) is 125 Å². The number of nitrogens with two attached hydrogens (primary N) is 3. The Kier molecular flexibility index (Phi) is 19.4. The molecule has 23 nitrogen and oxygen atoms in total. The van der Waals surface area contributed by atoms with E-state index in [1.54, 1.807) is 36.9 Å². The maximum atomic E-state index is 13.5. The summed E-state index contributed by atoms with van der Waals surface area (Å²) in [6, 6.07) is 43.3. The number of ether oxygens (including phenoxy) is 2. The molecule has 1 saturated heterocycles. The first-order valence-electron chi connectivity index (χ1n) is 32.9. The monoisotopic (exact) mass is 1310 g/mol. The lowest BCUT2D eigenvalue weighted by molar-refractivity contribution is 0.0500. The maximum absolute atomic E-state index is 13.5. The highest BCUT2D eigenvalue weighted by molar-refractivity contribution is 6.01. The van der Waals surface area contributed by atoms with Gasteiger partial charge in [0.2, 0.25) is 0 Å². The number of nitrogen functional groups attached to an aromatic ring is 3. The van der Waals surface area contributed by atoms with Gasteiger partial charge >= 0.3 is 0 Å². The zero-order valence-corrected chi connectivity index (χ0v) is 54.7. The predicted octanol–water partition coefficient (Wildman–Crippen LogP) is 12.3. The number of nitrogens with one attached hydrogen (secondary N) is 3. The van der Waals surface area contributed by atoms with E-state index in [1.165, 1.54) is 56.8 Å². The number of carbonyl (C=O) groups is 3. The van der Waals surface area contributed by atoms with E-state index in [2.05, 4.69) is 45.9 Å². The molecule has 6 aromatic heterocycles. The summed E-state index contributed by atoms with van der Waals surface area (Å²) < 4.78 is 30.4. The van der Waals surface area contributed by atoms with E-state index in [0.29, 0.717) is 94.9 Å². The summed E-state index contributed by atoms with van der Waals surface area (Å²) in [5.74, 6) is 0.794. The Morgan fingerprint density at radius 1 is 0.480 bits per heavy atom. The number of hydrogen-bond acceptors (Lipinski definition) is 17. The molecular formula is C74H75FN18O5. The molecule has 1 aliphatic heterocycles. The molecule has 3 aliphatic rings. The van der Waals surface area contributed by atoms with E-state index in [0.717, 1.165) is 116 Å². The van der Waals surface area contributed by atoms with Crippen LogP contribution in [-0.2, 0) is 24.4 Å². The van der Waals surface area contributed by atoms with Crippen molar-refractivity contribution in [1.29, 1.82) is 0 Å². The molecule has 98 heavy (non-hydrogen) atoms. The van der Waals surface area contributed by atoms with Crippen molar-refractivity contribution in [1.82, 2.24) is 75.2 Å². The minimum Gasteiger partial charge on any atom is -0.496 e. The van der Waals surface area contributed by atoms with Crippen LogP contribution in [0.15, 0.2) is 159 Å². The van der Waals surface area contributed by atoms with Crippen LogP contribution in [0.5, 0.6) is 5.75 Å². The minimum atomic E-state index is -0.428. The fraction of sp³-hybridized carbons (Fsp3) is 0.270. The largest absolute Gasteiger partial charge is 0.496 e. The Morgan fingerprint density at radius 3 is 1.32 bits per heavy atom. The first-order valence-corrected chi connectivity index (χ1v) is 32.9. The summed E-state index contributed by atoms with van der Waals surface area (Å²) in [4.78, 5) is 63.4. The molecule has 0 radical (unpaired) electrons. The van der Waals surface area contributed by atoms with E-state index < -0.39 is 5.82 Å². The van der Waals surface area contributed by atoms with Crippen LogP contribution in [0.25, 0.3) is 66.9 Å². The lowest BCUT2D eigenvalue weighted by Gasteiger charge is -2.10. The molecule has 0 bridgehead atoms. The van der Waals surface area contributed by atoms with Gasteiger partial charge in [0.1, 0.15) is 65.1 Å². The van der Waals surface area contributed by atoms with Crippen molar-refractivity contribution in [2.75, 3.05) is 30.9 Å². The quantitative estimate of drug-likeness (QED) is 0.0523. The first kappa shape index (κ1) is 65.1. The number of methoxy groups -OCH3 is 1. The lowest BCUT2D eigenvalue weighted by Crippen LogP contribution is -2.23. The number of fused-ring (bicyclic) bond motifs is 3. The number of benzene rings is 6. The fourth-order valence-corrected chi connectivity index (χ4v) is 13.0. The molecule has 12 aromatic rings. The Bertz CT molecular complexity index is 4860. The second kappa shape index (κ2) is 29.2. The molecule has 1 unspecified atom stereocenters. The fourth-order valence-electron chi connectivity index (χ4n) is 13.0. The Labute approximate surface area is 564 Å². The molecule has 2 saturated carbocycles. The summed E-state index contributed by atoms with van der Waals surface area (Å²) in [6.45, 7) is 5.60. The number of para-hydroxylation sites is 1. The summed E-state index contributed by atoms with van der Waals surface area (Å²) in [7, 11) is 1.55. The van der Waals surface area contributed by atoms with Crippen molar-refractivity contribution in [3.05, 3.63) is 209 Å². The maximum Gasteiger partial charge on any atom is 0.255 e. The van der Waals surface area contributed by atoms with Crippen LogP contribution in [0.4, 0.5) is 21.8 Å². The van der Waals surface area contributed by atoms with Gasteiger partial charge in [-0.1, -0.05) is 135 Å². The number of hydrogen-bond donors (Lipinski definition) is 6. The average Bonchev–Trinajstić information content (AvgIpc) is 1.64. The number of amides is 3. The molecular weight excluding hydrogens is 1240 g/mol. The van der Waals surface area contributed by atoms with Gasteiger partial charge in [0, 0.05) is 54.1 Å². The van der Waals surface area contributed by atoms with Crippen molar-refractivity contribution >= 4 is 68.3 Å². The second-order valence-corrected chi connectivity index (χ2v) is 24.7. The SMILES string of the molecule is COc1ccccc1C(=O)NCc1ccc(-c2nn(C3CCCO3)c3ncnc(N)c23)cc1.Cc1ccc(F)cc1C(=O)NCc1ccc(-c2nn(C3CCCC3)c3ncnc(N)c23)cc1.Cc1ccccc1C(=O)NCc1ccc(-c2nn(C3CCCC3)c3ncnc(N)c23)cc1. The second-order valence-electron chi connectivity index (χ2n) is 24.7. The highest BCUT2D eigenvalue weighted by Crippen LogP contribution is 2.39. The molecule has 7 heterocycles. The Balaban J connectivity index is 0.000000132. The molecule has 9 N–H and O–H groups in total. The average molecular weight is 1320 g/mol. The predicted molar refractivity (Wildman–Crippen MR) is 374 cm³/mol. The molecule has 2 aliphatic carbocycles. The number of halogens is 1. The van der Waals surface area contributed by atoms with Gasteiger partial charge in [-0.2, -0.15) is 15.3 Å². The number of nitrogens with zero attached hydrogens (tertiary/aromatic N) is 12. The molecule has 498 valence electrons. The third-order valence-electron chi connectivity index (χ3n) is 18.3. The van der Waals surface area contributed by atoms with Gasteiger partial charge < -0.3 is 42.6 Å². The van der Waals surface area contributed by atoms with Crippen LogP contribution < -0.4 is 37.9 Å². The minimum absolute atomic E-state index is 0.0709. The van der Waals surface area contributed by atoms with Crippen LogP contribution >= 0.6 is 0 Å². The van der Waals surface area contributed by atoms with Crippen LogP contribution in [-0.4, -0.2) is 90.7 Å². The van der Waals surface area contributed by atoms with Gasteiger partial charge in [-0.3, -0.25) is 14.4 Å². The van der Waals surface area contributed by atoms with Gasteiger partial charge in [0.05, 0.1) is 40.9 Å². The van der Waals surface area contributed by atoms with Crippen molar-refractivity contribution in [3.63, 3.8) is 0 Å². The van der Waals surface area contributed by atoms with E-state index in [4.69, 9.17) is 42.0 Å². The topological polar surface area (TPSA) is 315 Å². The Hall–Kier alpha value is -11.5. The molecule has 1 atom stereocenters. The molecule has 6 aromatic carbocycles. The lowest BCUT2D eigenvalue weighted by atomic mass is 10.1. The van der Waals surface area contributed by atoms with Crippen LogP contribution in [0.2, 0.25) is 0 Å². The van der Waals surface area contributed by atoms with E-state index in [-0.39, 0.29) is 23.9 Å². The molecule has 15 rings (SSSR count). The van der Waals surface area contributed by atoms with Crippen LogP contribution in [0.3, 0.4) is 0 Å². The normalized spacial score (nSPS) is 14.6. The van der Waals surface area contributed by atoms with E-state index in [9.17, 15) is 18.8 Å². The zero-order valence-electron chi connectivity index (χ0n) is 54.7. The number of aryl methyl sites for hydroxylation is 2. The first-order chi connectivity index (χ1) is 47.8. The Morgan fingerprint density at radius 2 is 0.878 bits per heavy atom. The van der Waals surface area contributed by atoms with E-state index >= 15 is 0 Å². The number of aromatic nitrogens is 12. The smallest absolute Gasteiger partial charge is 0.255 e. The molecule has 24 heteroatoms. The van der Waals surface area contributed by atoms with Crippen LogP contribution in [0, 0.1) is 19.7 Å². The van der Waals surface area contributed by atoms with Crippen LogP contribution in [0.1, 0.15) is 141 Å². The number of anilines is 3. The van der Waals surface area contributed by atoms with Crippen molar-refractivity contribution in [3.8, 4) is 39.5 Å². The van der Waals surface area contributed by atoms with Crippen molar-refractivity contribution in [2.45, 2.75) is 116 Å². The van der Waals surface area contributed by atoms with Gasteiger partial charge in [0.25, 0.3) is 17.7 Å². The summed E-state index contributed by atoms with van der Waals surface area (Å²) >= 11 is 0. The van der Waals surface area contributed by atoms with Gasteiger partial charge in [-0.15, -0.1) is 0 Å². The standard InChI is InChI=1S/C25H25FN6O.C25H26N6O.C24H24N6O3/c1-15-6-11-18(26)12-20(15)25(33)28-13-16-7-9-17(10-8-16)22-21-23(27)29-14-30-24(21)32(31-22)19-4-2-3-5-19;1-16-6-2-5-9-20(16)25(32)27-14-17-10-12-18(13-11-17)22-21-23(26)28-15-29-24(21)31(30-22)19-7-3-4-8-19;1-32-18-6-3-2-5-17(18)24(31)26-13-15-8-10-16(11-9-15)21-20-22(25)27-14-28-23(20)30(29-21)19-7-4-12-33-19/h6-12,14,19H,2-5,13H2,1H3,(H,28,33)(H2,27,29,30);2,5-6,9-13,15,19H,3-4,7-8,14H2,1H3,(H,27,32)(H2,26,28,29);2-3,5-6,8-11,14,19H,4,7,12-13H2,1H3,(H,26,31)(H2,25,27,28). The highest BCUT2D eigenvalue weighted by atomic mass is 19.1. The molecule has 3 fully saturated rings. The van der Waals surface area contributed by atoms with Crippen molar-refractivity contribution < 1.29 is 28.2 Å². The number of rotatable bonds is 16. The highest BCUT2D eigenvalue weighted by Gasteiger charge is 2.28. The summed E-state index contributed by atoms with van der Waals surface area (Å²) in [6.07, 6.45) is 15.4. The van der Waals surface area contributed by atoms with Gasteiger partial charge in [-0.25, -0.2) is 48.3 Å². The van der Waals surface area contributed by atoms with Gasteiger partial charge in [0.15, 0.2) is 23.2 Å². The third-order valence-corrected chi connectivity index (χ3v) is 18.3. The molecule has 3 amide bonds. The van der Waals surface area contributed by atoms with Gasteiger partial charge in [-0.05, 0) is 111 Å². The zero-order chi connectivity index (χ0) is 67.8. The summed E-state index contributed by atoms with van der Waals surface area (Å²) in [5, 5.41) is 25.7. The number of carbonyl (C=O) groups excluding carboxylic acids is 3. The third kappa shape index (κ3) is 13.9. The van der Waals surface area contributed by atoms with Crippen molar-refractivity contribution in [2.24, 2.45) is 0 Å².